The van der Waals surface area contributed by atoms with Gasteiger partial charge in [0.05, 0.1) is 23.9 Å². The van der Waals surface area contributed by atoms with Crippen molar-refractivity contribution in [2.24, 2.45) is 17.3 Å². The van der Waals surface area contributed by atoms with Crippen molar-refractivity contribution in [3.63, 3.8) is 0 Å². The van der Waals surface area contributed by atoms with Crippen LogP contribution in [-0.2, 0) is 16.1 Å². The van der Waals surface area contributed by atoms with Gasteiger partial charge in [0.25, 0.3) is 0 Å². The zero-order valence-electron chi connectivity index (χ0n) is 11.3. The molecule has 1 saturated carbocycles. The molecule has 0 radical (unpaired) electrons. The van der Waals surface area contributed by atoms with Crippen molar-refractivity contribution >= 4 is 17.8 Å². The first kappa shape index (κ1) is 12.8. The first-order chi connectivity index (χ1) is 9.35. The number of aromatic carboxylic acids is 1. The van der Waals surface area contributed by atoms with Crippen molar-refractivity contribution < 1.29 is 19.5 Å². The number of fused-ring (bicyclic) bond motifs is 1. The Morgan fingerprint density at radius 1 is 1.20 bits per heavy atom. The number of imide groups is 1. The molecule has 0 spiro atoms. The second-order valence-electron chi connectivity index (χ2n) is 6.00. The van der Waals surface area contributed by atoms with Crippen LogP contribution in [0.3, 0.4) is 0 Å². The molecule has 1 saturated heterocycles. The van der Waals surface area contributed by atoms with Crippen LogP contribution in [-0.4, -0.2) is 27.8 Å². The molecule has 2 atom stereocenters. The second kappa shape index (κ2) is 3.91. The molecule has 2 aliphatic rings. The SMILES string of the molecule is CC1(C)C2C(=O)N(Cc3ccccc3C(=O)O)C(=O)C21. The number of carboxylic acid groups (broad SMARTS) is 1. The van der Waals surface area contributed by atoms with Crippen molar-refractivity contribution in [2.75, 3.05) is 0 Å². The summed E-state index contributed by atoms with van der Waals surface area (Å²) in [5, 5.41) is 9.13. The molecule has 0 bridgehead atoms. The highest BCUT2D eigenvalue weighted by atomic mass is 16.4. The third kappa shape index (κ3) is 1.59. The van der Waals surface area contributed by atoms with Crippen LogP contribution in [0.2, 0.25) is 0 Å². The Balaban J connectivity index is 1.86. The summed E-state index contributed by atoms with van der Waals surface area (Å²) in [4.78, 5) is 36.8. The fourth-order valence-corrected chi connectivity index (χ4v) is 3.20. The van der Waals surface area contributed by atoms with Gasteiger partial charge in [-0.1, -0.05) is 32.0 Å². The molecule has 1 N–H and O–H groups in total. The number of amides is 2. The predicted octanol–water partition coefficient (Wildman–Crippen LogP) is 1.53. The van der Waals surface area contributed by atoms with E-state index in [-0.39, 0.29) is 41.2 Å². The van der Waals surface area contributed by atoms with E-state index in [2.05, 4.69) is 0 Å². The maximum Gasteiger partial charge on any atom is 0.336 e. The van der Waals surface area contributed by atoms with E-state index in [4.69, 9.17) is 5.11 Å². The minimum absolute atomic E-state index is 0.0449. The molecule has 2 amide bonds. The molecule has 1 aliphatic carbocycles. The fraction of sp³-hybridized carbons (Fsp3) is 0.400. The van der Waals surface area contributed by atoms with Gasteiger partial charge in [-0.25, -0.2) is 4.79 Å². The summed E-state index contributed by atoms with van der Waals surface area (Å²) in [6.45, 7) is 3.88. The molecule has 1 aromatic carbocycles. The summed E-state index contributed by atoms with van der Waals surface area (Å²) >= 11 is 0. The van der Waals surface area contributed by atoms with E-state index >= 15 is 0 Å². The van der Waals surface area contributed by atoms with Crippen molar-refractivity contribution in [3.8, 4) is 0 Å². The maximum absolute atomic E-state index is 12.2. The van der Waals surface area contributed by atoms with E-state index in [0.717, 1.165) is 0 Å². The Hall–Kier alpha value is -2.17. The van der Waals surface area contributed by atoms with E-state index < -0.39 is 5.97 Å². The highest BCUT2D eigenvalue weighted by Crippen LogP contribution is 2.63. The summed E-state index contributed by atoms with van der Waals surface area (Å²) in [6, 6.07) is 6.45. The smallest absolute Gasteiger partial charge is 0.336 e. The standard InChI is InChI=1S/C15H15NO4/c1-15(2)10-11(15)13(18)16(12(10)17)7-8-5-3-4-6-9(8)14(19)20/h3-6,10-11H,7H2,1-2H3,(H,19,20). The quantitative estimate of drug-likeness (QED) is 0.847. The van der Waals surface area contributed by atoms with Gasteiger partial charge in [0, 0.05) is 0 Å². The lowest BCUT2D eigenvalue weighted by Gasteiger charge is -2.21. The Kier molecular flexibility index (Phi) is 2.51. The average Bonchev–Trinajstić information content (AvgIpc) is 2.86. The second-order valence-corrected chi connectivity index (χ2v) is 6.00. The number of benzene rings is 1. The molecule has 5 heteroatoms. The molecule has 104 valence electrons. The van der Waals surface area contributed by atoms with E-state index in [1.807, 2.05) is 13.8 Å². The summed E-state index contributed by atoms with van der Waals surface area (Å²) in [7, 11) is 0. The fourth-order valence-electron chi connectivity index (χ4n) is 3.20. The molecule has 1 heterocycles. The lowest BCUT2D eigenvalue weighted by molar-refractivity contribution is -0.143. The third-order valence-electron chi connectivity index (χ3n) is 4.47. The average molecular weight is 273 g/mol. The lowest BCUT2D eigenvalue weighted by atomic mass is 10.0. The highest BCUT2D eigenvalue weighted by Gasteiger charge is 2.72. The predicted molar refractivity (Wildman–Crippen MR) is 69.7 cm³/mol. The highest BCUT2D eigenvalue weighted by molar-refractivity contribution is 6.10. The number of likely N-dealkylation sites (tertiary alicyclic amines) is 1. The molecule has 1 aliphatic heterocycles. The van der Waals surface area contributed by atoms with Crippen LogP contribution in [0.1, 0.15) is 29.8 Å². The molecule has 0 aromatic heterocycles. The molecule has 2 fully saturated rings. The topological polar surface area (TPSA) is 74.7 Å². The van der Waals surface area contributed by atoms with Crippen LogP contribution in [0, 0.1) is 17.3 Å². The van der Waals surface area contributed by atoms with E-state index in [1.54, 1.807) is 18.2 Å². The normalized spacial score (nSPS) is 26.6. The largest absolute Gasteiger partial charge is 0.478 e. The van der Waals surface area contributed by atoms with Gasteiger partial charge in [-0.15, -0.1) is 0 Å². The van der Waals surface area contributed by atoms with Crippen molar-refractivity contribution in [2.45, 2.75) is 20.4 Å². The van der Waals surface area contributed by atoms with Crippen LogP contribution < -0.4 is 0 Å². The Morgan fingerprint density at radius 3 is 2.30 bits per heavy atom. The van der Waals surface area contributed by atoms with Crippen LogP contribution >= 0.6 is 0 Å². The number of hydrogen-bond donors (Lipinski definition) is 1. The molecular formula is C15H15NO4. The van der Waals surface area contributed by atoms with Gasteiger partial charge in [-0.2, -0.15) is 0 Å². The summed E-state index contributed by atoms with van der Waals surface area (Å²) in [6.07, 6.45) is 0. The Morgan fingerprint density at radius 2 is 1.75 bits per heavy atom. The number of piperidine rings is 1. The van der Waals surface area contributed by atoms with Crippen molar-refractivity contribution in [3.05, 3.63) is 35.4 Å². The van der Waals surface area contributed by atoms with Crippen LogP contribution in [0.15, 0.2) is 24.3 Å². The van der Waals surface area contributed by atoms with E-state index in [1.165, 1.54) is 11.0 Å². The molecular weight excluding hydrogens is 258 g/mol. The van der Waals surface area contributed by atoms with E-state index in [0.29, 0.717) is 5.56 Å². The lowest BCUT2D eigenvalue weighted by Crippen LogP contribution is -2.36. The van der Waals surface area contributed by atoms with Crippen LogP contribution in [0.25, 0.3) is 0 Å². The minimum atomic E-state index is -1.05. The van der Waals surface area contributed by atoms with Gasteiger partial charge in [-0.3, -0.25) is 14.5 Å². The summed E-state index contributed by atoms with van der Waals surface area (Å²) < 4.78 is 0. The number of carbonyl (C=O) groups excluding carboxylic acids is 2. The van der Waals surface area contributed by atoms with Gasteiger partial charge in [0.1, 0.15) is 0 Å². The van der Waals surface area contributed by atoms with E-state index in [9.17, 15) is 14.4 Å². The monoisotopic (exact) mass is 273 g/mol. The maximum atomic E-state index is 12.2. The van der Waals surface area contributed by atoms with Gasteiger partial charge >= 0.3 is 5.97 Å². The number of rotatable bonds is 3. The van der Waals surface area contributed by atoms with Gasteiger partial charge in [0.2, 0.25) is 11.8 Å². The van der Waals surface area contributed by atoms with Crippen LogP contribution in [0.5, 0.6) is 0 Å². The zero-order chi connectivity index (χ0) is 14.7. The third-order valence-corrected chi connectivity index (χ3v) is 4.47. The first-order valence-electron chi connectivity index (χ1n) is 6.52. The van der Waals surface area contributed by atoms with Gasteiger partial charge in [-0.05, 0) is 17.0 Å². The molecule has 1 aromatic rings. The van der Waals surface area contributed by atoms with Crippen LogP contribution in [0.4, 0.5) is 0 Å². The first-order valence-corrected chi connectivity index (χ1v) is 6.52. The zero-order valence-corrected chi connectivity index (χ0v) is 11.3. The summed E-state index contributed by atoms with van der Waals surface area (Å²) in [5.41, 5.74) is 0.380. The van der Waals surface area contributed by atoms with Gasteiger partial charge in [0.15, 0.2) is 0 Å². The summed E-state index contributed by atoms with van der Waals surface area (Å²) in [5.74, 6) is -1.86. The number of nitrogens with zero attached hydrogens (tertiary/aromatic N) is 1. The van der Waals surface area contributed by atoms with Gasteiger partial charge < -0.3 is 5.11 Å². The number of hydrogen-bond acceptors (Lipinski definition) is 3. The Bertz CT molecular complexity index is 611. The van der Waals surface area contributed by atoms with Crippen molar-refractivity contribution in [1.29, 1.82) is 0 Å². The molecule has 2 unspecified atom stereocenters. The molecule has 5 nitrogen and oxygen atoms in total. The number of carbonyl (C=O) groups is 3. The minimum Gasteiger partial charge on any atom is -0.478 e. The molecule has 3 rings (SSSR count). The Labute approximate surface area is 116 Å². The number of carboxylic acids is 1. The van der Waals surface area contributed by atoms with Crippen molar-refractivity contribution in [1.82, 2.24) is 4.90 Å². The molecule has 20 heavy (non-hydrogen) atoms.